The van der Waals surface area contributed by atoms with Crippen molar-refractivity contribution in [3.05, 3.63) is 125 Å². The first-order valence-corrected chi connectivity index (χ1v) is 12.9. The van der Waals surface area contributed by atoms with E-state index in [2.05, 4.69) is 18.8 Å². The van der Waals surface area contributed by atoms with E-state index in [9.17, 15) is 9.90 Å². The third-order valence-corrected chi connectivity index (χ3v) is 6.78. The van der Waals surface area contributed by atoms with Gasteiger partial charge in [-0.2, -0.15) is 0 Å². The first-order valence-electron chi connectivity index (χ1n) is 12.9. The molecule has 2 N–H and O–H groups in total. The van der Waals surface area contributed by atoms with E-state index in [-0.39, 0.29) is 0 Å². The molecule has 2 unspecified atom stereocenters. The average Bonchev–Trinajstić information content (AvgIpc) is 3.41. The highest BCUT2D eigenvalue weighted by Crippen LogP contribution is 2.33. The number of carbonyl (C=O) groups is 1. The second kappa shape index (κ2) is 12.9. The van der Waals surface area contributed by atoms with E-state index < -0.39 is 0 Å². The normalized spacial score (nSPS) is 17.7. The summed E-state index contributed by atoms with van der Waals surface area (Å²) in [4.78, 5) is 11.6. The van der Waals surface area contributed by atoms with Gasteiger partial charge in [0.25, 0.3) is 0 Å². The van der Waals surface area contributed by atoms with Crippen molar-refractivity contribution in [2.75, 3.05) is 13.1 Å². The first kappa shape index (κ1) is 27.0. The molecule has 1 heterocycles. The Balaban J connectivity index is 0.000000253. The van der Waals surface area contributed by atoms with Crippen molar-refractivity contribution in [1.82, 2.24) is 5.32 Å². The summed E-state index contributed by atoms with van der Waals surface area (Å²) >= 11 is 0. The van der Waals surface area contributed by atoms with Gasteiger partial charge in [-0.3, -0.25) is 4.79 Å². The monoisotopic (exact) mass is 509 g/mol. The number of allylic oxidation sites excluding steroid dienone is 2. The number of aliphatic hydroxyl groups is 1. The molecule has 3 aromatic carbocycles. The van der Waals surface area contributed by atoms with E-state index >= 15 is 0 Å². The minimum atomic E-state index is 0.381. The minimum absolute atomic E-state index is 0.381. The number of fused-ring (bicyclic) bond motifs is 1. The van der Waals surface area contributed by atoms with E-state index in [1.165, 1.54) is 5.57 Å². The second-order valence-electron chi connectivity index (χ2n) is 9.74. The van der Waals surface area contributed by atoms with Crippen molar-refractivity contribution in [2.45, 2.75) is 27.1 Å². The van der Waals surface area contributed by atoms with Crippen molar-refractivity contribution in [3.8, 4) is 11.5 Å². The largest absolute Gasteiger partial charge is 0.508 e. The SMILES string of the molecule is C=C(C)c1cc(C=O)c(OCc2ccccc2)cc1OCc1ccccc1.CC1=CC(O)=CC2CNCC12. The number of nitrogens with one attached hydrogen (secondary N) is 1. The van der Waals surface area contributed by atoms with Crippen LogP contribution < -0.4 is 14.8 Å². The molecule has 1 aliphatic carbocycles. The first-order chi connectivity index (χ1) is 18.4. The number of aliphatic hydroxyl groups excluding tert-OH is 1. The summed E-state index contributed by atoms with van der Waals surface area (Å²) in [5.74, 6) is 2.75. The Bertz CT molecular complexity index is 1310. The van der Waals surface area contributed by atoms with Gasteiger partial charge in [-0.15, -0.1) is 0 Å². The Morgan fingerprint density at radius 2 is 1.58 bits per heavy atom. The number of aldehydes is 1. The smallest absolute Gasteiger partial charge is 0.153 e. The molecule has 0 bridgehead atoms. The molecule has 3 aromatic rings. The van der Waals surface area contributed by atoms with Crippen LogP contribution in [0.1, 0.15) is 40.9 Å². The number of ether oxygens (including phenoxy) is 2. The topological polar surface area (TPSA) is 67.8 Å². The molecule has 0 amide bonds. The van der Waals surface area contributed by atoms with Crippen LogP contribution in [0.4, 0.5) is 0 Å². The molecule has 1 saturated heterocycles. The Kier molecular flexibility index (Phi) is 9.17. The fourth-order valence-electron chi connectivity index (χ4n) is 4.70. The molecule has 196 valence electrons. The van der Waals surface area contributed by atoms with E-state index in [0.29, 0.717) is 47.9 Å². The third-order valence-electron chi connectivity index (χ3n) is 6.78. The minimum Gasteiger partial charge on any atom is -0.508 e. The lowest BCUT2D eigenvalue weighted by molar-refractivity contribution is 0.111. The zero-order valence-corrected chi connectivity index (χ0v) is 22.0. The Morgan fingerprint density at radius 1 is 0.974 bits per heavy atom. The van der Waals surface area contributed by atoms with Gasteiger partial charge in [-0.25, -0.2) is 0 Å². The molecule has 5 rings (SSSR count). The molecule has 2 aliphatic rings. The highest BCUT2D eigenvalue weighted by molar-refractivity contribution is 5.83. The lowest BCUT2D eigenvalue weighted by Gasteiger charge is -2.20. The van der Waals surface area contributed by atoms with Crippen LogP contribution in [0.2, 0.25) is 0 Å². The second-order valence-corrected chi connectivity index (χ2v) is 9.74. The van der Waals surface area contributed by atoms with Crippen LogP contribution in [0.15, 0.2) is 103 Å². The predicted octanol–water partition coefficient (Wildman–Crippen LogP) is 6.91. The molecule has 1 fully saturated rings. The van der Waals surface area contributed by atoms with Crippen LogP contribution in [-0.2, 0) is 13.2 Å². The fourth-order valence-corrected chi connectivity index (χ4v) is 4.70. The van der Waals surface area contributed by atoms with Gasteiger partial charge < -0.3 is 19.9 Å². The van der Waals surface area contributed by atoms with E-state index in [4.69, 9.17) is 9.47 Å². The molecule has 5 nitrogen and oxygen atoms in total. The molecule has 1 aliphatic heterocycles. The third kappa shape index (κ3) is 7.02. The van der Waals surface area contributed by atoms with Gasteiger partial charge in [0, 0.05) is 36.6 Å². The van der Waals surface area contributed by atoms with Gasteiger partial charge in [0.1, 0.15) is 30.5 Å². The zero-order chi connectivity index (χ0) is 26.9. The molecular formula is C33H35NO4. The van der Waals surface area contributed by atoms with Gasteiger partial charge in [0.2, 0.25) is 0 Å². The van der Waals surface area contributed by atoms with Crippen LogP contribution in [0.25, 0.3) is 5.57 Å². The van der Waals surface area contributed by atoms with Gasteiger partial charge in [0.15, 0.2) is 6.29 Å². The maximum absolute atomic E-state index is 11.6. The Hall–Kier alpha value is -4.09. The summed E-state index contributed by atoms with van der Waals surface area (Å²) in [6.07, 6.45) is 4.62. The lowest BCUT2D eigenvalue weighted by Crippen LogP contribution is -2.15. The van der Waals surface area contributed by atoms with Crippen LogP contribution in [0.5, 0.6) is 11.5 Å². The maximum atomic E-state index is 11.6. The van der Waals surface area contributed by atoms with E-state index in [0.717, 1.165) is 41.6 Å². The van der Waals surface area contributed by atoms with Crippen molar-refractivity contribution < 1.29 is 19.4 Å². The summed E-state index contributed by atoms with van der Waals surface area (Å²) in [6.45, 7) is 10.9. The van der Waals surface area contributed by atoms with Gasteiger partial charge in [-0.05, 0) is 48.8 Å². The van der Waals surface area contributed by atoms with Gasteiger partial charge in [-0.1, -0.05) is 72.8 Å². The summed E-state index contributed by atoms with van der Waals surface area (Å²) in [5, 5.41) is 12.6. The Labute approximate surface area is 225 Å². The number of rotatable bonds is 8. The quantitative estimate of drug-likeness (QED) is 0.323. The van der Waals surface area contributed by atoms with Crippen molar-refractivity contribution in [2.24, 2.45) is 11.8 Å². The molecule has 0 saturated carbocycles. The van der Waals surface area contributed by atoms with E-state index in [1.54, 1.807) is 12.1 Å². The molecule has 0 aromatic heterocycles. The summed E-state index contributed by atoms with van der Waals surface area (Å²) < 4.78 is 11.9. The predicted molar refractivity (Wildman–Crippen MR) is 152 cm³/mol. The highest BCUT2D eigenvalue weighted by Gasteiger charge is 2.29. The van der Waals surface area contributed by atoms with Gasteiger partial charge >= 0.3 is 0 Å². The average molecular weight is 510 g/mol. The lowest BCUT2D eigenvalue weighted by atomic mass is 9.85. The van der Waals surface area contributed by atoms with Crippen molar-refractivity contribution in [1.29, 1.82) is 0 Å². The standard InChI is InChI=1S/C24H22O3.C9H13NO/c1-18(2)22-13-21(15-25)23(26-16-19-9-5-3-6-10-19)14-24(22)27-17-20-11-7-4-8-12-20;1-6-2-8(11)3-7-4-10-5-9(6)7/h3-15H,1,16-17H2,2H3;2-3,7,9-11H,4-5H2,1H3. The van der Waals surface area contributed by atoms with Gasteiger partial charge in [0.05, 0.1) is 5.56 Å². The number of hydrogen-bond acceptors (Lipinski definition) is 5. The highest BCUT2D eigenvalue weighted by atomic mass is 16.5. The van der Waals surface area contributed by atoms with Crippen LogP contribution in [0.3, 0.4) is 0 Å². The fraction of sp³-hybridized carbons (Fsp3) is 0.242. The van der Waals surface area contributed by atoms with Crippen LogP contribution in [0, 0.1) is 11.8 Å². The van der Waals surface area contributed by atoms with E-state index in [1.807, 2.05) is 79.7 Å². The summed E-state index contributed by atoms with van der Waals surface area (Å²) in [6, 6.07) is 23.3. The zero-order valence-electron chi connectivity index (χ0n) is 22.0. The van der Waals surface area contributed by atoms with Crippen molar-refractivity contribution >= 4 is 11.9 Å². The molecule has 0 radical (unpaired) electrons. The Morgan fingerprint density at radius 3 is 2.16 bits per heavy atom. The number of carbonyl (C=O) groups excluding carboxylic acids is 1. The number of hydrogen-bond donors (Lipinski definition) is 2. The molecule has 5 heteroatoms. The summed E-state index contributed by atoms with van der Waals surface area (Å²) in [7, 11) is 0. The van der Waals surface area contributed by atoms with Crippen molar-refractivity contribution in [3.63, 3.8) is 0 Å². The molecule has 2 atom stereocenters. The molecule has 38 heavy (non-hydrogen) atoms. The maximum Gasteiger partial charge on any atom is 0.153 e. The molecular weight excluding hydrogens is 474 g/mol. The summed E-state index contributed by atoms with van der Waals surface area (Å²) in [5.41, 5.74) is 5.52. The molecule has 0 spiro atoms. The van der Waals surface area contributed by atoms with Crippen LogP contribution in [-0.4, -0.2) is 24.5 Å². The van der Waals surface area contributed by atoms with Crippen LogP contribution >= 0.6 is 0 Å². The number of benzene rings is 3.